The van der Waals surface area contributed by atoms with Gasteiger partial charge in [-0.2, -0.15) is 0 Å². The second-order valence-electron chi connectivity index (χ2n) is 15.2. The fourth-order valence-electron chi connectivity index (χ4n) is 7.68. The number of nitrogens with zero attached hydrogens (tertiary/aromatic N) is 2. The Morgan fingerprint density at radius 2 is 1.04 bits per heavy atom. The molecule has 0 aliphatic carbocycles. The van der Waals surface area contributed by atoms with E-state index in [1.807, 2.05) is 13.0 Å². The number of hydrogen-bond donors (Lipinski definition) is 7. The van der Waals surface area contributed by atoms with Gasteiger partial charge < -0.3 is 46.6 Å². The Labute approximate surface area is 332 Å². The Kier molecular flexibility index (Phi) is 14.8. The predicted molar refractivity (Wildman–Crippen MR) is 208 cm³/mol. The first-order valence-corrected chi connectivity index (χ1v) is 19.8. The zero-order valence-corrected chi connectivity index (χ0v) is 32.7. The Bertz CT molecular complexity index is 1760. The second-order valence-corrected chi connectivity index (χ2v) is 15.2. The van der Waals surface area contributed by atoms with Crippen LogP contribution in [-0.2, 0) is 46.4 Å². The first-order chi connectivity index (χ1) is 27.3. The van der Waals surface area contributed by atoms with Crippen LogP contribution in [0.2, 0.25) is 0 Å². The van der Waals surface area contributed by atoms with E-state index in [1.54, 1.807) is 61.5 Å². The van der Waals surface area contributed by atoms with Gasteiger partial charge in [0.1, 0.15) is 42.3 Å². The standard InChI is InChI=1S/C41H55N7O9/c1-4-24(2)33-39(55)43-28(21-26-13-7-5-8-14-26)35(51)44-30(23-49)40(56)47-19-11-18-32(47)38(54)46-34(25(3)50)41(57)48-20-12-17-31(48)37(53)42-29(36(52)45-33)22-27-15-9-6-10-16-27/h5-10,13-16,24-25,28-34,49-50H,4,11-12,17-23H2,1-3H3,(H,42,53)(H,43,55)(H,44,51)(H,45,52)(H,46,54)/t24-,25?,28-,29-,30-,31-,32-,33-,34+/m0/s1. The first kappa shape index (κ1) is 42.8. The van der Waals surface area contributed by atoms with E-state index in [0.29, 0.717) is 24.8 Å². The van der Waals surface area contributed by atoms with Crippen molar-refractivity contribution in [3.63, 3.8) is 0 Å². The summed E-state index contributed by atoms with van der Waals surface area (Å²) in [5.41, 5.74) is 1.40. The van der Waals surface area contributed by atoms with Crippen molar-refractivity contribution in [3.05, 3.63) is 71.8 Å². The van der Waals surface area contributed by atoms with Crippen molar-refractivity contribution in [3.8, 4) is 0 Å². The molecule has 3 fully saturated rings. The number of carbonyl (C=O) groups excluding carboxylic acids is 7. The van der Waals surface area contributed by atoms with E-state index < -0.39 is 102 Å². The molecule has 16 heteroatoms. The predicted octanol–water partition coefficient (Wildman–Crippen LogP) is -0.689. The van der Waals surface area contributed by atoms with Crippen molar-refractivity contribution in [2.75, 3.05) is 19.7 Å². The van der Waals surface area contributed by atoms with Crippen LogP contribution in [0.4, 0.5) is 0 Å². The molecule has 0 radical (unpaired) electrons. The third-order valence-corrected chi connectivity index (χ3v) is 11.1. The monoisotopic (exact) mass is 789 g/mol. The molecule has 57 heavy (non-hydrogen) atoms. The summed E-state index contributed by atoms with van der Waals surface area (Å²) in [5, 5.41) is 34.7. The molecule has 0 spiro atoms. The van der Waals surface area contributed by atoms with Gasteiger partial charge in [-0.1, -0.05) is 80.9 Å². The second kappa shape index (κ2) is 19.7. The van der Waals surface area contributed by atoms with Crippen LogP contribution in [0.1, 0.15) is 64.0 Å². The molecule has 7 N–H and O–H groups in total. The Hall–Kier alpha value is -5.35. The summed E-state index contributed by atoms with van der Waals surface area (Å²) >= 11 is 0. The number of aliphatic hydroxyl groups excluding tert-OH is 2. The summed E-state index contributed by atoms with van der Waals surface area (Å²) in [6.07, 6.45) is 0.449. The fraction of sp³-hybridized carbons (Fsp3) is 0.537. The molecule has 2 aromatic rings. The highest BCUT2D eigenvalue weighted by Gasteiger charge is 2.44. The number of hydrogen-bond acceptors (Lipinski definition) is 9. The molecule has 7 amide bonds. The lowest BCUT2D eigenvalue weighted by molar-refractivity contribution is -0.146. The number of carbonyl (C=O) groups is 7. The number of rotatable bonds is 8. The number of nitrogens with one attached hydrogen (secondary N) is 5. The minimum Gasteiger partial charge on any atom is -0.394 e. The zero-order valence-electron chi connectivity index (χ0n) is 32.7. The van der Waals surface area contributed by atoms with Crippen molar-refractivity contribution in [2.45, 2.75) is 114 Å². The average Bonchev–Trinajstić information content (AvgIpc) is 3.91. The van der Waals surface area contributed by atoms with Gasteiger partial charge in [0.15, 0.2) is 0 Å². The molecule has 1 unspecified atom stereocenters. The SMILES string of the molecule is CC[C@H](C)[C@@H]1NC(=O)[C@H](Cc2ccccc2)NC(=O)[C@@H]2CCCN2C(=O)[C@@H](C(C)O)NC(=O)[C@@H]2CCCN2C(=O)[C@H](CO)NC(=O)[C@H](Cc2ccccc2)NC1=O. The van der Waals surface area contributed by atoms with Crippen molar-refractivity contribution in [1.82, 2.24) is 36.4 Å². The van der Waals surface area contributed by atoms with E-state index in [-0.39, 0.29) is 38.8 Å². The maximum absolute atomic E-state index is 14.2. The van der Waals surface area contributed by atoms with E-state index >= 15 is 0 Å². The summed E-state index contributed by atoms with van der Waals surface area (Å²) in [6, 6.07) is 9.16. The van der Waals surface area contributed by atoms with Gasteiger partial charge in [-0.3, -0.25) is 33.6 Å². The number of amides is 7. The van der Waals surface area contributed by atoms with Gasteiger partial charge in [0, 0.05) is 25.9 Å². The highest BCUT2D eigenvalue weighted by molar-refractivity contribution is 5.99. The lowest BCUT2D eigenvalue weighted by Gasteiger charge is -2.33. The van der Waals surface area contributed by atoms with Crippen LogP contribution in [-0.4, -0.2) is 129 Å². The Balaban J connectivity index is 1.55. The van der Waals surface area contributed by atoms with Gasteiger partial charge >= 0.3 is 0 Å². The van der Waals surface area contributed by atoms with Gasteiger partial charge in [-0.15, -0.1) is 0 Å². The summed E-state index contributed by atoms with van der Waals surface area (Å²) in [4.78, 5) is 101. The molecule has 9 atom stereocenters. The molecule has 3 aliphatic heterocycles. The van der Waals surface area contributed by atoms with Crippen molar-refractivity contribution in [1.29, 1.82) is 0 Å². The molecular weight excluding hydrogens is 734 g/mol. The van der Waals surface area contributed by atoms with Gasteiger partial charge in [-0.05, 0) is 49.7 Å². The van der Waals surface area contributed by atoms with Crippen LogP contribution in [0.5, 0.6) is 0 Å². The lowest BCUT2D eigenvalue weighted by Crippen LogP contribution is -2.61. The minimum atomic E-state index is -1.49. The first-order valence-electron chi connectivity index (χ1n) is 19.8. The van der Waals surface area contributed by atoms with Crippen LogP contribution in [0.15, 0.2) is 60.7 Å². The highest BCUT2D eigenvalue weighted by Crippen LogP contribution is 2.23. The van der Waals surface area contributed by atoms with Gasteiger partial charge in [0.05, 0.1) is 12.7 Å². The third kappa shape index (κ3) is 10.5. The van der Waals surface area contributed by atoms with E-state index in [1.165, 1.54) is 16.7 Å². The van der Waals surface area contributed by atoms with Crippen molar-refractivity contribution < 1.29 is 43.8 Å². The Morgan fingerprint density at radius 1 is 0.596 bits per heavy atom. The molecule has 3 heterocycles. The smallest absolute Gasteiger partial charge is 0.248 e. The molecule has 0 bridgehead atoms. The molecule has 308 valence electrons. The fourth-order valence-corrected chi connectivity index (χ4v) is 7.68. The van der Waals surface area contributed by atoms with E-state index in [9.17, 15) is 43.8 Å². The number of benzene rings is 2. The Morgan fingerprint density at radius 3 is 1.53 bits per heavy atom. The van der Waals surface area contributed by atoms with Crippen molar-refractivity contribution in [2.24, 2.45) is 5.92 Å². The van der Waals surface area contributed by atoms with E-state index in [4.69, 9.17) is 0 Å². The van der Waals surface area contributed by atoms with Gasteiger partial charge in [0.25, 0.3) is 0 Å². The van der Waals surface area contributed by atoms with Crippen molar-refractivity contribution >= 4 is 41.4 Å². The molecule has 0 saturated carbocycles. The largest absolute Gasteiger partial charge is 0.394 e. The molecule has 16 nitrogen and oxygen atoms in total. The summed E-state index contributed by atoms with van der Waals surface area (Å²) in [6.45, 7) is 4.40. The van der Waals surface area contributed by atoms with Gasteiger partial charge in [-0.25, -0.2) is 0 Å². The quantitative estimate of drug-likeness (QED) is 0.180. The maximum atomic E-state index is 14.2. The average molecular weight is 790 g/mol. The molecular formula is C41H55N7O9. The topological polar surface area (TPSA) is 227 Å². The normalized spacial score (nSPS) is 28.2. The lowest BCUT2D eigenvalue weighted by atomic mass is 9.96. The molecule has 5 rings (SSSR count). The minimum absolute atomic E-state index is 0.00000909. The molecule has 0 aromatic heterocycles. The summed E-state index contributed by atoms with van der Waals surface area (Å²) in [5.74, 6) is -5.36. The number of aliphatic hydroxyl groups is 2. The molecule has 2 aromatic carbocycles. The van der Waals surface area contributed by atoms with Crippen LogP contribution < -0.4 is 26.6 Å². The summed E-state index contributed by atoms with van der Waals surface area (Å²) < 4.78 is 0. The van der Waals surface area contributed by atoms with E-state index in [2.05, 4.69) is 26.6 Å². The molecule has 3 saturated heterocycles. The van der Waals surface area contributed by atoms with E-state index in [0.717, 1.165) is 5.56 Å². The van der Waals surface area contributed by atoms with Gasteiger partial charge in [0.2, 0.25) is 41.4 Å². The third-order valence-electron chi connectivity index (χ3n) is 11.1. The molecule has 3 aliphatic rings. The van der Waals surface area contributed by atoms with Crippen LogP contribution in [0.3, 0.4) is 0 Å². The summed E-state index contributed by atoms with van der Waals surface area (Å²) in [7, 11) is 0. The van der Waals surface area contributed by atoms with Crippen LogP contribution in [0, 0.1) is 5.92 Å². The van der Waals surface area contributed by atoms with Crippen LogP contribution in [0.25, 0.3) is 0 Å². The number of fused-ring (bicyclic) bond motifs is 2. The highest BCUT2D eigenvalue weighted by atomic mass is 16.3. The van der Waals surface area contributed by atoms with Crippen LogP contribution >= 0.6 is 0 Å². The maximum Gasteiger partial charge on any atom is 0.248 e. The zero-order chi connectivity index (χ0) is 41.2.